The summed E-state index contributed by atoms with van der Waals surface area (Å²) < 4.78 is 18.8. The maximum absolute atomic E-state index is 13.8. The van der Waals surface area contributed by atoms with E-state index in [1.807, 2.05) is 43.9 Å². The molecule has 1 amide bonds. The minimum Gasteiger partial charge on any atom is -0.391 e. The second-order valence-electron chi connectivity index (χ2n) is 10.5. The summed E-state index contributed by atoms with van der Waals surface area (Å²) in [5.41, 5.74) is 5.42. The number of aryl methyl sites for hydroxylation is 3. The summed E-state index contributed by atoms with van der Waals surface area (Å²) in [6.45, 7) is 7.85. The van der Waals surface area contributed by atoms with E-state index in [0.29, 0.717) is 37.5 Å². The number of β-amino-alcohol motifs (C(OH)–C–C–N with tert-alkyl or cyclic N) is 1. The van der Waals surface area contributed by atoms with Crippen LogP contribution in [0.25, 0.3) is 10.9 Å². The Morgan fingerprint density at radius 1 is 1.18 bits per heavy atom. The molecule has 1 aliphatic heterocycles. The monoisotopic (exact) mass is 530 g/mol. The molecule has 0 radical (unpaired) electrons. The number of rotatable bonds is 8. The molecule has 1 N–H and O–H groups in total. The highest BCUT2D eigenvalue weighted by molar-refractivity contribution is 5.85. The Hall–Kier alpha value is -3.78. The van der Waals surface area contributed by atoms with Crippen LogP contribution in [0.4, 0.5) is 10.2 Å². The number of para-hydroxylation sites is 1. The minimum atomic E-state index is -0.406. The van der Waals surface area contributed by atoms with Gasteiger partial charge in [0.05, 0.1) is 23.7 Å². The molecule has 39 heavy (non-hydrogen) atoms. The highest BCUT2D eigenvalue weighted by Crippen LogP contribution is 2.29. The Kier molecular flexibility index (Phi) is 7.93. The van der Waals surface area contributed by atoms with Crippen LogP contribution in [0.15, 0.2) is 53.1 Å². The van der Waals surface area contributed by atoms with E-state index in [2.05, 4.69) is 16.1 Å². The third-order valence-electron chi connectivity index (χ3n) is 7.61. The number of aliphatic hydroxyl groups is 1. The number of pyridine rings is 1. The highest BCUT2D eigenvalue weighted by Gasteiger charge is 2.25. The smallest absolute Gasteiger partial charge is 0.227 e. The average Bonchev–Trinajstić information content (AvgIpc) is 3.23. The molecular weight excluding hydrogens is 495 g/mol. The summed E-state index contributed by atoms with van der Waals surface area (Å²) >= 11 is 0. The summed E-state index contributed by atoms with van der Waals surface area (Å²) in [6.07, 6.45) is 2.02. The van der Waals surface area contributed by atoms with E-state index in [0.717, 1.165) is 58.4 Å². The molecular formula is C31H35FN4O3. The first-order valence-electron chi connectivity index (χ1n) is 13.5. The quantitative estimate of drug-likeness (QED) is 0.343. The molecule has 0 bridgehead atoms. The number of hydrogen-bond acceptors (Lipinski definition) is 6. The van der Waals surface area contributed by atoms with Crippen molar-refractivity contribution < 1.29 is 18.8 Å². The van der Waals surface area contributed by atoms with Crippen molar-refractivity contribution in [2.45, 2.75) is 59.1 Å². The van der Waals surface area contributed by atoms with E-state index in [9.17, 15) is 14.3 Å². The maximum Gasteiger partial charge on any atom is 0.227 e. The van der Waals surface area contributed by atoms with E-state index in [1.165, 1.54) is 12.1 Å². The first-order chi connectivity index (χ1) is 18.8. The van der Waals surface area contributed by atoms with Gasteiger partial charge in [-0.2, -0.15) is 0 Å². The van der Waals surface area contributed by atoms with Gasteiger partial charge in [-0.15, -0.1) is 0 Å². The van der Waals surface area contributed by atoms with Gasteiger partial charge in [0.15, 0.2) is 0 Å². The molecule has 3 heterocycles. The molecule has 4 aromatic rings. The lowest BCUT2D eigenvalue weighted by molar-refractivity contribution is -0.131. The predicted molar refractivity (Wildman–Crippen MR) is 149 cm³/mol. The SMILES string of the molecule is Cc1noc(C)c1CC(=O)N(CCc1ccc(F)cc1)Cc1cc2cccc(C)c2nc1N1CCCC(O)C1. The Morgan fingerprint density at radius 2 is 1.97 bits per heavy atom. The van der Waals surface area contributed by atoms with Crippen LogP contribution in [0.5, 0.6) is 0 Å². The summed E-state index contributed by atoms with van der Waals surface area (Å²) in [5, 5.41) is 15.5. The van der Waals surface area contributed by atoms with Gasteiger partial charge in [-0.3, -0.25) is 4.79 Å². The van der Waals surface area contributed by atoms with Crippen molar-refractivity contribution in [1.82, 2.24) is 15.0 Å². The zero-order chi connectivity index (χ0) is 27.5. The van der Waals surface area contributed by atoms with Gasteiger partial charge in [0.2, 0.25) is 5.91 Å². The van der Waals surface area contributed by atoms with E-state index in [1.54, 1.807) is 12.1 Å². The van der Waals surface area contributed by atoms with Gasteiger partial charge < -0.3 is 19.4 Å². The van der Waals surface area contributed by atoms with Crippen LogP contribution in [-0.4, -0.2) is 51.8 Å². The summed E-state index contributed by atoms with van der Waals surface area (Å²) in [6, 6.07) is 14.6. The molecule has 0 aliphatic carbocycles. The fraction of sp³-hybridized carbons (Fsp3) is 0.387. The minimum absolute atomic E-state index is 0.0412. The molecule has 0 spiro atoms. The molecule has 1 unspecified atom stereocenters. The topological polar surface area (TPSA) is 82.7 Å². The number of hydrogen-bond donors (Lipinski definition) is 1. The first kappa shape index (κ1) is 26.8. The third-order valence-corrected chi connectivity index (χ3v) is 7.61. The standard InChI is InChI=1S/C31H35FN4O3/c1-20-6-4-7-24-16-25(31(33-30(20)24)36-14-5-8-27(37)19-36)18-35(15-13-23-9-11-26(32)12-10-23)29(38)17-28-21(2)34-39-22(28)3/h4,6-7,9-12,16,27,37H,5,8,13-15,17-19H2,1-3H3. The van der Waals surface area contributed by atoms with E-state index in [-0.39, 0.29) is 18.1 Å². The van der Waals surface area contributed by atoms with Gasteiger partial charge in [0.1, 0.15) is 17.4 Å². The van der Waals surface area contributed by atoms with Crippen molar-refractivity contribution in [3.05, 3.63) is 88.1 Å². The van der Waals surface area contributed by atoms with Crippen molar-refractivity contribution in [1.29, 1.82) is 0 Å². The molecule has 5 rings (SSSR count). The molecule has 1 fully saturated rings. The van der Waals surface area contributed by atoms with Gasteiger partial charge in [-0.05, 0) is 69.4 Å². The molecule has 2 aromatic carbocycles. The number of anilines is 1. The molecule has 1 aliphatic rings. The first-order valence-corrected chi connectivity index (χ1v) is 13.5. The molecule has 2 aromatic heterocycles. The van der Waals surface area contributed by atoms with Gasteiger partial charge in [0.25, 0.3) is 0 Å². The van der Waals surface area contributed by atoms with Gasteiger partial charge in [-0.1, -0.05) is 35.5 Å². The normalized spacial score (nSPS) is 15.6. The Bertz CT molecular complexity index is 1450. The number of nitrogens with zero attached hydrogens (tertiary/aromatic N) is 4. The number of piperidine rings is 1. The zero-order valence-electron chi connectivity index (χ0n) is 22.8. The molecule has 0 saturated carbocycles. The Balaban J connectivity index is 1.50. The summed E-state index contributed by atoms with van der Waals surface area (Å²) in [4.78, 5) is 22.9. The number of amides is 1. The molecule has 8 heteroatoms. The number of halogens is 1. The van der Waals surface area contributed by atoms with Crippen molar-refractivity contribution in [3.8, 4) is 0 Å². The summed E-state index contributed by atoms with van der Waals surface area (Å²) in [5.74, 6) is 1.13. The largest absolute Gasteiger partial charge is 0.391 e. The Morgan fingerprint density at radius 3 is 2.69 bits per heavy atom. The number of carbonyl (C=O) groups is 1. The third kappa shape index (κ3) is 6.11. The molecule has 7 nitrogen and oxygen atoms in total. The van der Waals surface area contributed by atoms with Gasteiger partial charge in [0, 0.05) is 42.7 Å². The molecule has 1 atom stereocenters. The number of fused-ring (bicyclic) bond motifs is 1. The van der Waals surface area contributed by atoms with Crippen molar-refractivity contribution in [3.63, 3.8) is 0 Å². The lowest BCUT2D eigenvalue weighted by Gasteiger charge is -2.34. The lowest BCUT2D eigenvalue weighted by Crippen LogP contribution is -2.40. The van der Waals surface area contributed by atoms with Crippen LogP contribution in [0.1, 0.15) is 46.5 Å². The number of aliphatic hydroxyl groups excluding tert-OH is 1. The van der Waals surface area contributed by atoms with E-state index < -0.39 is 6.10 Å². The number of aromatic nitrogens is 2. The molecule has 204 valence electrons. The van der Waals surface area contributed by atoms with Crippen LogP contribution in [0, 0.1) is 26.6 Å². The van der Waals surface area contributed by atoms with Crippen LogP contribution >= 0.6 is 0 Å². The van der Waals surface area contributed by atoms with Crippen LogP contribution < -0.4 is 4.90 Å². The van der Waals surface area contributed by atoms with Crippen LogP contribution in [0.2, 0.25) is 0 Å². The second-order valence-corrected chi connectivity index (χ2v) is 10.5. The van der Waals surface area contributed by atoms with Crippen molar-refractivity contribution in [2.24, 2.45) is 0 Å². The van der Waals surface area contributed by atoms with Crippen LogP contribution in [-0.2, 0) is 24.2 Å². The van der Waals surface area contributed by atoms with Crippen molar-refractivity contribution in [2.75, 3.05) is 24.5 Å². The summed E-state index contributed by atoms with van der Waals surface area (Å²) in [7, 11) is 0. The second kappa shape index (κ2) is 11.5. The number of benzene rings is 2. The van der Waals surface area contributed by atoms with E-state index in [4.69, 9.17) is 9.51 Å². The van der Waals surface area contributed by atoms with Gasteiger partial charge >= 0.3 is 0 Å². The fourth-order valence-corrected chi connectivity index (χ4v) is 5.35. The number of carbonyl (C=O) groups excluding carboxylic acids is 1. The predicted octanol–water partition coefficient (Wildman–Crippen LogP) is 5.06. The van der Waals surface area contributed by atoms with Gasteiger partial charge in [-0.25, -0.2) is 9.37 Å². The Labute approximate surface area is 228 Å². The molecule has 1 saturated heterocycles. The lowest BCUT2D eigenvalue weighted by atomic mass is 10.0. The average molecular weight is 531 g/mol. The van der Waals surface area contributed by atoms with Crippen molar-refractivity contribution >= 4 is 22.6 Å². The maximum atomic E-state index is 13.8. The van der Waals surface area contributed by atoms with E-state index >= 15 is 0 Å². The van der Waals surface area contributed by atoms with Crippen LogP contribution in [0.3, 0.4) is 0 Å². The highest BCUT2D eigenvalue weighted by atomic mass is 19.1. The fourth-order valence-electron chi connectivity index (χ4n) is 5.35. The zero-order valence-corrected chi connectivity index (χ0v) is 22.8.